The summed E-state index contributed by atoms with van der Waals surface area (Å²) in [6.45, 7) is 7.06. The maximum atomic E-state index is 13.4. The van der Waals surface area contributed by atoms with E-state index in [9.17, 15) is 24.0 Å². The van der Waals surface area contributed by atoms with Crippen molar-refractivity contribution in [1.29, 1.82) is 0 Å². The smallest absolute Gasteiger partial charge is 0.408 e. The van der Waals surface area contributed by atoms with Gasteiger partial charge in [-0.15, -0.1) is 0 Å². The van der Waals surface area contributed by atoms with Crippen molar-refractivity contribution in [3.8, 4) is 0 Å². The van der Waals surface area contributed by atoms with E-state index in [1.54, 1.807) is 27.7 Å². The molecular weight excluding hydrogens is 492 g/mol. The minimum Gasteiger partial charge on any atom is -0.467 e. The number of nitrogens with one attached hydrogen (secondary N) is 2. The van der Waals surface area contributed by atoms with Crippen LogP contribution in [-0.2, 0) is 35.3 Å². The van der Waals surface area contributed by atoms with Crippen LogP contribution in [0.3, 0.4) is 0 Å². The molecular formula is C27H38N4O7. The fraction of sp³-hybridized carbons (Fsp3) is 0.593. The van der Waals surface area contributed by atoms with Crippen molar-refractivity contribution in [2.75, 3.05) is 20.2 Å². The maximum Gasteiger partial charge on any atom is 0.408 e. The number of methoxy groups -OCH3 is 1. The molecule has 0 aromatic heterocycles. The van der Waals surface area contributed by atoms with E-state index < -0.39 is 52.9 Å². The largest absolute Gasteiger partial charge is 0.467 e. The zero-order valence-electron chi connectivity index (χ0n) is 22.7. The van der Waals surface area contributed by atoms with Crippen LogP contribution >= 0.6 is 0 Å². The molecule has 38 heavy (non-hydrogen) atoms. The van der Waals surface area contributed by atoms with Crippen molar-refractivity contribution in [2.45, 2.75) is 83.1 Å². The van der Waals surface area contributed by atoms with Crippen molar-refractivity contribution < 1.29 is 33.4 Å². The van der Waals surface area contributed by atoms with E-state index in [-0.39, 0.29) is 6.61 Å². The molecule has 1 aromatic rings. The Labute approximate surface area is 223 Å². The highest BCUT2D eigenvalue weighted by Gasteiger charge is 2.45. The topological polar surface area (TPSA) is 134 Å². The minimum absolute atomic E-state index is 0.0582. The van der Waals surface area contributed by atoms with Gasteiger partial charge in [0.05, 0.1) is 7.11 Å². The Morgan fingerprint density at radius 1 is 0.842 bits per heavy atom. The average molecular weight is 531 g/mol. The van der Waals surface area contributed by atoms with Crippen LogP contribution in [-0.4, -0.2) is 82.9 Å². The highest BCUT2D eigenvalue weighted by molar-refractivity contribution is 5.97. The number of benzene rings is 1. The molecule has 0 saturated carbocycles. The molecule has 2 aliphatic heterocycles. The van der Waals surface area contributed by atoms with Crippen LogP contribution in [0.1, 0.15) is 58.9 Å². The summed E-state index contributed by atoms with van der Waals surface area (Å²) >= 11 is 0. The molecule has 3 rings (SSSR count). The number of hydrogen-bond donors (Lipinski definition) is 2. The third kappa shape index (κ3) is 6.62. The van der Waals surface area contributed by atoms with Crippen molar-refractivity contribution in [2.24, 2.45) is 0 Å². The lowest BCUT2D eigenvalue weighted by Crippen LogP contribution is -2.62. The molecule has 2 saturated heterocycles. The standard InChI is InChI=1S/C27H38N4O7/c1-26(2,23(34)31-16-10-14-20(31)22(33)37-5)28-21(32)19-13-9-15-30(19)24(35)27(3,4)29-25(36)38-17-18-11-7-6-8-12-18/h6-8,11-12,19-20H,9-10,13-17H2,1-5H3,(H,28,32)(H,29,36)/t19-,20-/m0/s1. The van der Waals surface area contributed by atoms with Gasteiger partial charge < -0.3 is 29.9 Å². The molecule has 11 heteroatoms. The van der Waals surface area contributed by atoms with Crippen molar-refractivity contribution in [3.05, 3.63) is 35.9 Å². The summed E-state index contributed by atoms with van der Waals surface area (Å²) in [5, 5.41) is 5.38. The number of esters is 1. The number of carbonyl (C=O) groups is 5. The van der Waals surface area contributed by atoms with Gasteiger partial charge >= 0.3 is 12.1 Å². The molecule has 0 radical (unpaired) electrons. The Morgan fingerprint density at radius 3 is 1.95 bits per heavy atom. The predicted octanol–water partition coefficient (Wildman–Crippen LogP) is 1.74. The number of amides is 4. The first kappa shape index (κ1) is 28.9. The maximum absolute atomic E-state index is 13.4. The predicted molar refractivity (Wildman–Crippen MR) is 138 cm³/mol. The van der Waals surface area contributed by atoms with Gasteiger partial charge in [-0.25, -0.2) is 9.59 Å². The Kier molecular flexibility index (Phi) is 9.01. The Hall–Kier alpha value is -3.63. The van der Waals surface area contributed by atoms with Crippen LogP contribution in [0.15, 0.2) is 30.3 Å². The quantitative estimate of drug-likeness (QED) is 0.489. The first-order valence-corrected chi connectivity index (χ1v) is 12.9. The summed E-state index contributed by atoms with van der Waals surface area (Å²) in [5.74, 6) is -1.77. The van der Waals surface area contributed by atoms with E-state index in [2.05, 4.69) is 10.6 Å². The second-order valence-corrected chi connectivity index (χ2v) is 10.8. The van der Waals surface area contributed by atoms with Crippen LogP contribution in [0.2, 0.25) is 0 Å². The van der Waals surface area contributed by atoms with Gasteiger partial charge in [0.1, 0.15) is 29.8 Å². The number of hydrogen-bond acceptors (Lipinski definition) is 7. The number of rotatable bonds is 8. The van der Waals surface area contributed by atoms with E-state index in [0.29, 0.717) is 38.8 Å². The second kappa shape index (κ2) is 11.8. The summed E-state index contributed by atoms with van der Waals surface area (Å²) in [7, 11) is 1.28. The highest BCUT2D eigenvalue weighted by Crippen LogP contribution is 2.25. The molecule has 11 nitrogen and oxygen atoms in total. The lowest BCUT2D eigenvalue weighted by molar-refractivity contribution is -0.153. The summed E-state index contributed by atoms with van der Waals surface area (Å²) in [6, 6.07) is 7.69. The van der Waals surface area contributed by atoms with Gasteiger partial charge in [0.2, 0.25) is 17.7 Å². The van der Waals surface area contributed by atoms with Gasteiger partial charge in [0, 0.05) is 13.1 Å². The van der Waals surface area contributed by atoms with Crippen molar-refractivity contribution >= 4 is 29.8 Å². The highest BCUT2D eigenvalue weighted by atomic mass is 16.5. The summed E-state index contributed by atoms with van der Waals surface area (Å²) in [4.78, 5) is 67.3. The Balaban J connectivity index is 1.61. The summed E-state index contributed by atoms with van der Waals surface area (Å²) < 4.78 is 10.1. The second-order valence-electron chi connectivity index (χ2n) is 10.8. The van der Waals surface area contributed by atoms with Crippen LogP contribution in [0.5, 0.6) is 0 Å². The van der Waals surface area contributed by atoms with Gasteiger partial charge in [-0.3, -0.25) is 14.4 Å². The molecule has 0 spiro atoms. The van der Waals surface area contributed by atoms with Gasteiger partial charge in [-0.1, -0.05) is 30.3 Å². The molecule has 4 amide bonds. The molecule has 1 aromatic carbocycles. The van der Waals surface area contributed by atoms with E-state index in [4.69, 9.17) is 9.47 Å². The molecule has 0 bridgehead atoms. The normalized spacial score (nSPS) is 19.6. The molecule has 2 aliphatic rings. The van der Waals surface area contributed by atoms with Gasteiger partial charge in [-0.2, -0.15) is 0 Å². The van der Waals surface area contributed by atoms with E-state index in [1.807, 2.05) is 30.3 Å². The monoisotopic (exact) mass is 530 g/mol. The van der Waals surface area contributed by atoms with Crippen LogP contribution < -0.4 is 10.6 Å². The zero-order valence-corrected chi connectivity index (χ0v) is 22.7. The zero-order chi connectivity index (χ0) is 28.1. The van der Waals surface area contributed by atoms with Gasteiger partial charge in [0.15, 0.2) is 0 Å². The van der Waals surface area contributed by atoms with Gasteiger partial charge in [0.25, 0.3) is 0 Å². The van der Waals surface area contributed by atoms with E-state index >= 15 is 0 Å². The number of nitrogens with zero attached hydrogens (tertiary/aromatic N) is 2. The van der Waals surface area contributed by atoms with Crippen molar-refractivity contribution in [1.82, 2.24) is 20.4 Å². The Morgan fingerprint density at radius 2 is 1.37 bits per heavy atom. The molecule has 2 N–H and O–H groups in total. The summed E-state index contributed by atoms with van der Waals surface area (Å²) in [5.41, 5.74) is -1.82. The SMILES string of the molecule is COC(=O)[C@@H]1CCCN1C(=O)C(C)(C)NC(=O)[C@@H]1CCCN1C(=O)C(C)(C)NC(=O)OCc1ccccc1. The van der Waals surface area contributed by atoms with Crippen LogP contribution in [0.4, 0.5) is 4.79 Å². The molecule has 0 aliphatic carbocycles. The number of carbonyl (C=O) groups excluding carboxylic acids is 5. The minimum atomic E-state index is -1.33. The third-order valence-corrected chi connectivity index (χ3v) is 6.94. The lowest BCUT2D eigenvalue weighted by atomic mass is 10.00. The fourth-order valence-electron chi connectivity index (χ4n) is 4.90. The van der Waals surface area contributed by atoms with E-state index in [0.717, 1.165) is 5.56 Å². The third-order valence-electron chi connectivity index (χ3n) is 6.94. The molecule has 2 fully saturated rings. The average Bonchev–Trinajstić information content (AvgIpc) is 3.56. The van der Waals surface area contributed by atoms with Crippen molar-refractivity contribution in [3.63, 3.8) is 0 Å². The molecule has 208 valence electrons. The fourth-order valence-corrected chi connectivity index (χ4v) is 4.90. The Bertz CT molecular complexity index is 1060. The first-order chi connectivity index (χ1) is 17.9. The van der Waals surface area contributed by atoms with E-state index in [1.165, 1.54) is 16.9 Å². The van der Waals surface area contributed by atoms with Crippen LogP contribution in [0, 0.1) is 0 Å². The summed E-state index contributed by atoms with van der Waals surface area (Å²) in [6.07, 6.45) is 1.44. The van der Waals surface area contributed by atoms with Crippen LogP contribution in [0.25, 0.3) is 0 Å². The molecule has 2 heterocycles. The number of likely N-dealkylation sites (tertiary alicyclic amines) is 2. The molecule has 0 unspecified atom stereocenters. The first-order valence-electron chi connectivity index (χ1n) is 12.9. The van der Waals surface area contributed by atoms with Gasteiger partial charge in [-0.05, 0) is 58.9 Å². The number of alkyl carbamates (subject to hydrolysis) is 1. The lowest BCUT2D eigenvalue weighted by Gasteiger charge is -2.36. The molecule has 2 atom stereocenters. The number of ether oxygens (including phenoxy) is 2.